The largest absolute Gasteiger partial charge is 0.496 e. The van der Waals surface area contributed by atoms with Crippen molar-refractivity contribution in [2.75, 3.05) is 26.7 Å². The van der Waals surface area contributed by atoms with Gasteiger partial charge >= 0.3 is 0 Å². The highest BCUT2D eigenvalue weighted by Gasteiger charge is 2.31. The zero-order valence-electron chi connectivity index (χ0n) is 15.1. The predicted octanol–water partition coefficient (Wildman–Crippen LogP) is 3.34. The zero-order chi connectivity index (χ0) is 18.1. The lowest BCUT2D eigenvalue weighted by Gasteiger charge is -2.37. The van der Waals surface area contributed by atoms with Gasteiger partial charge in [0.15, 0.2) is 0 Å². The highest BCUT2D eigenvalue weighted by molar-refractivity contribution is 6.05. The number of imidazole rings is 1. The number of carbonyl (C=O) groups is 1. The van der Waals surface area contributed by atoms with Gasteiger partial charge in [-0.1, -0.05) is 18.2 Å². The van der Waals surface area contributed by atoms with E-state index in [1.165, 1.54) is 18.5 Å². The normalized spacial score (nSPS) is 16.2. The summed E-state index contributed by atoms with van der Waals surface area (Å²) in [5, 5.41) is 3.32. The molecular weight excluding hydrogens is 406 g/mol. The van der Waals surface area contributed by atoms with Crippen molar-refractivity contribution in [2.45, 2.75) is 6.04 Å². The van der Waals surface area contributed by atoms with Gasteiger partial charge in [0.25, 0.3) is 5.91 Å². The molecular formula is C19H21Cl2FN4O2. The van der Waals surface area contributed by atoms with Crippen LogP contribution in [0, 0.1) is 5.82 Å². The number of amides is 1. The Bertz CT molecular complexity index is 966. The maximum absolute atomic E-state index is 14.0. The van der Waals surface area contributed by atoms with Crippen molar-refractivity contribution in [1.82, 2.24) is 20.2 Å². The summed E-state index contributed by atoms with van der Waals surface area (Å²) in [6, 6.07) is 10.0. The van der Waals surface area contributed by atoms with Gasteiger partial charge in [0.05, 0.1) is 30.6 Å². The fourth-order valence-corrected chi connectivity index (χ4v) is 3.50. The molecule has 6 nitrogen and oxygen atoms in total. The predicted molar refractivity (Wildman–Crippen MR) is 110 cm³/mol. The molecule has 1 amide bonds. The van der Waals surface area contributed by atoms with Crippen molar-refractivity contribution in [1.29, 1.82) is 0 Å². The molecule has 1 saturated heterocycles. The Labute approximate surface area is 174 Å². The molecule has 150 valence electrons. The third-order valence-corrected chi connectivity index (χ3v) is 4.72. The molecule has 4 rings (SSSR count). The number of piperazine rings is 1. The minimum absolute atomic E-state index is 0. The van der Waals surface area contributed by atoms with Gasteiger partial charge in [0.2, 0.25) is 0 Å². The van der Waals surface area contributed by atoms with Crippen LogP contribution in [-0.2, 0) is 0 Å². The van der Waals surface area contributed by atoms with Gasteiger partial charge in [0, 0.05) is 25.2 Å². The molecule has 1 aliphatic heterocycles. The van der Waals surface area contributed by atoms with Crippen LogP contribution in [0.3, 0.4) is 0 Å². The lowest BCUT2D eigenvalue weighted by atomic mass is 10.0. The minimum atomic E-state index is -0.464. The molecule has 1 aliphatic rings. The molecule has 3 aromatic rings. The van der Waals surface area contributed by atoms with E-state index in [1.807, 2.05) is 24.3 Å². The Morgan fingerprint density at radius 2 is 2.07 bits per heavy atom. The van der Waals surface area contributed by atoms with Crippen LogP contribution in [-0.4, -0.2) is 47.5 Å². The third kappa shape index (κ3) is 3.92. The number of halogens is 3. The summed E-state index contributed by atoms with van der Waals surface area (Å²) in [5.74, 6) is 0.0243. The fraction of sp³-hybridized carbons (Fsp3) is 0.263. The van der Waals surface area contributed by atoms with E-state index in [-0.39, 0.29) is 42.3 Å². The number of aromatic amines is 1. The highest BCUT2D eigenvalue weighted by Crippen LogP contribution is 2.32. The van der Waals surface area contributed by atoms with E-state index < -0.39 is 5.82 Å². The number of H-pyrrole nitrogens is 1. The van der Waals surface area contributed by atoms with Crippen LogP contribution in [0.4, 0.5) is 4.39 Å². The van der Waals surface area contributed by atoms with Crippen LogP contribution >= 0.6 is 24.8 Å². The summed E-state index contributed by atoms with van der Waals surface area (Å²) in [5.41, 5.74) is 2.18. The highest BCUT2D eigenvalue weighted by atomic mass is 35.5. The molecule has 9 heteroatoms. The standard InChI is InChI=1S/C19H19FN4O2.2ClH/c1-26-17-5-3-2-4-13(17)16-10-21-6-7-24(16)19(25)14-8-12(20)9-15-18(14)23-11-22-15;;/h2-5,8-9,11,16,21H,6-7,10H2,1H3,(H,22,23);2*1H. The second-order valence-corrected chi connectivity index (χ2v) is 6.21. The lowest BCUT2D eigenvalue weighted by molar-refractivity contribution is 0.0633. The van der Waals surface area contributed by atoms with E-state index >= 15 is 0 Å². The molecule has 0 bridgehead atoms. The van der Waals surface area contributed by atoms with E-state index in [0.29, 0.717) is 30.7 Å². The fourth-order valence-electron chi connectivity index (χ4n) is 3.50. The number of nitrogens with zero attached hydrogens (tertiary/aromatic N) is 2. The second kappa shape index (κ2) is 9.23. The van der Waals surface area contributed by atoms with Crippen LogP contribution in [0.1, 0.15) is 22.0 Å². The van der Waals surface area contributed by atoms with Gasteiger partial charge in [-0.05, 0) is 18.2 Å². The van der Waals surface area contributed by atoms with Gasteiger partial charge < -0.3 is 19.9 Å². The summed E-state index contributed by atoms with van der Waals surface area (Å²) in [6.45, 7) is 1.80. The van der Waals surface area contributed by atoms with E-state index in [0.717, 1.165) is 11.3 Å². The molecule has 0 aliphatic carbocycles. The molecule has 0 spiro atoms. The smallest absolute Gasteiger partial charge is 0.256 e. The van der Waals surface area contributed by atoms with Crippen molar-refractivity contribution in [3.63, 3.8) is 0 Å². The number of ether oxygens (including phenoxy) is 1. The second-order valence-electron chi connectivity index (χ2n) is 6.21. The van der Waals surface area contributed by atoms with Crippen molar-refractivity contribution >= 4 is 41.8 Å². The van der Waals surface area contributed by atoms with E-state index in [4.69, 9.17) is 4.74 Å². The Hall–Kier alpha value is -2.35. The van der Waals surface area contributed by atoms with Crippen molar-refractivity contribution < 1.29 is 13.9 Å². The quantitative estimate of drug-likeness (QED) is 0.673. The number of carbonyl (C=O) groups excluding carboxylic acids is 1. The molecule has 2 heterocycles. The Morgan fingerprint density at radius 1 is 1.29 bits per heavy atom. The van der Waals surface area contributed by atoms with Crippen LogP contribution in [0.5, 0.6) is 5.75 Å². The Kier molecular flexibility index (Phi) is 7.23. The monoisotopic (exact) mass is 426 g/mol. The Morgan fingerprint density at radius 3 is 2.86 bits per heavy atom. The van der Waals surface area contributed by atoms with Crippen LogP contribution in [0.15, 0.2) is 42.7 Å². The van der Waals surface area contributed by atoms with E-state index in [1.54, 1.807) is 12.0 Å². The molecule has 1 unspecified atom stereocenters. The maximum atomic E-state index is 14.0. The summed E-state index contributed by atoms with van der Waals surface area (Å²) in [6.07, 6.45) is 1.47. The number of rotatable bonds is 3. The molecule has 0 radical (unpaired) electrons. The molecule has 1 aromatic heterocycles. The van der Waals surface area contributed by atoms with E-state index in [9.17, 15) is 9.18 Å². The lowest BCUT2D eigenvalue weighted by Crippen LogP contribution is -2.48. The first-order chi connectivity index (χ1) is 12.7. The Balaban J connectivity index is 0.00000140. The molecule has 2 N–H and O–H groups in total. The topological polar surface area (TPSA) is 70.2 Å². The summed E-state index contributed by atoms with van der Waals surface area (Å²) < 4.78 is 19.5. The van der Waals surface area contributed by atoms with Crippen molar-refractivity contribution in [3.8, 4) is 5.75 Å². The summed E-state index contributed by atoms with van der Waals surface area (Å²) >= 11 is 0. The number of methoxy groups -OCH3 is 1. The number of hydrogen-bond acceptors (Lipinski definition) is 4. The van der Waals surface area contributed by atoms with Crippen LogP contribution in [0.25, 0.3) is 11.0 Å². The van der Waals surface area contributed by atoms with E-state index in [2.05, 4.69) is 15.3 Å². The zero-order valence-corrected chi connectivity index (χ0v) is 16.8. The van der Waals surface area contributed by atoms with Gasteiger partial charge in [-0.15, -0.1) is 24.8 Å². The third-order valence-electron chi connectivity index (χ3n) is 4.72. The SMILES string of the molecule is COc1ccccc1C1CNCCN1C(=O)c1cc(F)cc2[nH]cnc12.Cl.Cl. The number of hydrogen-bond donors (Lipinski definition) is 2. The number of aromatic nitrogens is 2. The van der Waals surface area contributed by atoms with Gasteiger partial charge in [-0.2, -0.15) is 0 Å². The first kappa shape index (κ1) is 21.9. The molecule has 1 fully saturated rings. The first-order valence-corrected chi connectivity index (χ1v) is 8.46. The number of benzene rings is 2. The van der Waals surface area contributed by atoms with Crippen LogP contribution in [0.2, 0.25) is 0 Å². The van der Waals surface area contributed by atoms with Crippen molar-refractivity contribution in [2.24, 2.45) is 0 Å². The molecule has 0 saturated carbocycles. The summed E-state index contributed by atoms with van der Waals surface area (Å²) in [4.78, 5) is 22.1. The minimum Gasteiger partial charge on any atom is -0.496 e. The van der Waals surface area contributed by atoms with Gasteiger partial charge in [-0.25, -0.2) is 9.37 Å². The first-order valence-electron chi connectivity index (χ1n) is 8.46. The van der Waals surface area contributed by atoms with Gasteiger partial charge in [0.1, 0.15) is 17.1 Å². The molecule has 2 aromatic carbocycles. The van der Waals surface area contributed by atoms with Crippen molar-refractivity contribution in [3.05, 3.63) is 59.7 Å². The number of para-hydroxylation sites is 1. The average Bonchev–Trinajstić information content (AvgIpc) is 3.15. The van der Waals surface area contributed by atoms with Crippen LogP contribution < -0.4 is 10.1 Å². The average molecular weight is 427 g/mol. The summed E-state index contributed by atoms with van der Waals surface area (Å²) in [7, 11) is 1.61. The van der Waals surface area contributed by atoms with Gasteiger partial charge in [-0.3, -0.25) is 4.79 Å². The number of nitrogens with one attached hydrogen (secondary N) is 2. The maximum Gasteiger partial charge on any atom is 0.256 e. The number of fused-ring (bicyclic) bond motifs is 1. The molecule has 28 heavy (non-hydrogen) atoms. The molecule has 1 atom stereocenters.